The van der Waals surface area contributed by atoms with Crippen molar-refractivity contribution in [3.63, 3.8) is 0 Å². The first-order chi connectivity index (χ1) is 45.0. The van der Waals surface area contributed by atoms with Crippen LogP contribution in [0.3, 0.4) is 0 Å². The summed E-state index contributed by atoms with van der Waals surface area (Å²) in [5.41, 5.74) is 5.40. The van der Waals surface area contributed by atoms with Crippen LogP contribution in [0.5, 0.6) is 0 Å². The molecule has 59 heteroatoms. The van der Waals surface area contributed by atoms with Crippen LogP contribution >= 0.6 is 0 Å². The molecule has 24 N–H and O–H groups in total. The number of aliphatic hydroxyl groups is 10. The summed E-state index contributed by atoms with van der Waals surface area (Å²) in [4.78, 5) is 38.4. The normalized spacial score (nSPS) is 41.1. The first-order valence-corrected chi connectivity index (χ1v) is 35.4. The predicted molar refractivity (Wildman–Crippen MR) is 287 cm³/mol. The maximum Gasteiger partial charge on any atom is 0.397 e. The van der Waals surface area contributed by atoms with Crippen molar-refractivity contribution in [1.29, 1.82) is 0 Å². The molecular weight excluding hydrogens is 1500 g/mol. The summed E-state index contributed by atoms with van der Waals surface area (Å²) >= 11 is 0. The largest absolute Gasteiger partial charge is 0.479 e. The molecule has 6 fully saturated rings. The fraction of sp³-hybridized carbons (Fsp3) is 0.923. The van der Waals surface area contributed by atoms with Gasteiger partial charge in [0.1, 0.15) is 110 Å². The standard InChI is InChI=1S/C39H66N4O49S6/c40-2-1-3-78-37-25(90-96(69,70)71)17(51)22(28(87-37)31(54)55)85-35-11(42-94(63,64)65)15(49)20(8(5-45)80-35)83-39-27(92-98(75,76)77)19(53)24(30(89-39)33(58)59)86-36-12(43-95(66,67)68)16(50)21(9(6-46)81-36)82-38-26(91-97(72,73)74)18(52)23(29(88-38)32(56)57)84-34-10(41-93(60,61)62)14(48)13(47)7(4-44)79-34/h7-30,34-39,41-53H,1-6,40H2,(H,54,55)(H,56,57)(H,58,59)(H,60,61,62)(H,63,64,65)(H,66,67,68)(H,69,70,71)(H,72,73,74)(H,75,76,77)/t7-,8-,9-,10-,11-,12-,13-,14-,15-,16-,17+,18+,19+,20-,21-,22+,23+,24+,25-,26-,27-,28-,29+,30+,34-,35-,36-,37-,38-,39-/m1/s1. The highest BCUT2D eigenvalue weighted by Gasteiger charge is 2.62. The van der Waals surface area contributed by atoms with E-state index in [0.717, 1.165) is 0 Å². The first kappa shape index (κ1) is 83.7. The molecule has 0 radical (unpaired) electrons. The summed E-state index contributed by atoms with van der Waals surface area (Å²) in [6.45, 7) is -5.04. The van der Waals surface area contributed by atoms with Gasteiger partial charge in [-0.15, -0.1) is 0 Å². The highest BCUT2D eigenvalue weighted by molar-refractivity contribution is 7.84. The molecular formula is C39H66N4O49S6. The smallest absolute Gasteiger partial charge is 0.397 e. The third-order valence-corrected chi connectivity index (χ3v) is 17.6. The fourth-order valence-electron chi connectivity index (χ4n) is 10.5. The van der Waals surface area contributed by atoms with E-state index in [2.05, 4.69) is 12.5 Å². The number of hydrogen-bond donors (Lipinski definition) is 23. The van der Waals surface area contributed by atoms with Crippen molar-refractivity contribution in [1.82, 2.24) is 14.2 Å². The Kier molecular flexibility index (Phi) is 28.4. The van der Waals surface area contributed by atoms with E-state index in [0.29, 0.717) is 0 Å². The molecule has 98 heavy (non-hydrogen) atoms. The van der Waals surface area contributed by atoms with Crippen LogP contribution in [-0.2, 0) is 146 Å². The molecule has 6 saturated heterocycles. The molecule has 6 aliphatic rings. The Balaban J connectivity index is 1.32. The summed E-state index contributed by atoms with van der Waals surface area (Å²) in [7, 11) is -34.9. The van der Waals surface area contributed by atoms with Gasteiger partial charge in [-0.25, -0.2) is 26.9 Å². The fourth-order valence-corrected chi connectivity index (χ4v) is 13.7. The monoisotopic (exact) mass is 1570 g/mol. The van der Waals surface area contributed by atoms with Gasteiger partial charge in [0, 0.05) is 0 Å². The van der Waals surface area contributed by atoms with E-state index in [1.54, 1.807) is 0 Å². The summed E-state index contributed by atoms with van der Waals surface area (Å²) in [6, 6.07) is -8.08. The van der Waals surface area contributed by atoms with Crippen molar-refractivity contribution in [2.45, 2.75) is 190 Å². The van der Waals surface area contributed by atoms with Crippen LogP contribution in [-0.4, -0.2) is 379 Å². The molecule has 0 aromatic rings. The van der Waals surface area contributed by atoms with Crippen molar-refractivity contribution in [3.05, 3.63) is 0 Å². The molecule has 30 atom stereocenters. The van der Waals surface area contributed by atoms with Crippen LogP contribution in [0.2, 0.25) is 0 Å². The van der Waals surface area contributed by atoms with E-state index in [1.807, 2.05) is 0 Å². The Morgan fingerprint density at radius 2 is 0.633 bits per heavy atom. The van der Waals surface area contributed by atoms with Crippen molar-refractivity contribution in [3.8, 4) is 0 Å². The van der Waals surface area contributed by atoms with Gasteiger partial charge in [0.15, 0.2) is 74.4 Å². The van der Waals surface area contributed by atoms with Crippen LogP contribution < -0.4 is 19.9 Å². The molecule has 0 bridgehead atoms. The lowest BCUT2D eigenvalue weighted by atomic mass is 9.94. The zero-order chi connectivity index (χ0) is 74.0. The van der Waals surface area contributed by atoms with Crippen LogP contribution in [0.4, 0.5) is 0 Å². The second kappa shape index (κ2) is 33.2. The highest BCUT2D eigenvalue weighted by Crippen LogP contribution is 2.39. The second-order valence-electron chi connectivity index (χ2n) is 21.2. The number of ether oxygens (including phenoxy) is 12. The van der Waals surface area contributed by atoms with E-state index in [-0.39, 0.29) is 13.0 Å². The number of rotatable bonds is 32. The molecule has 53 nitrogen and oxygen atoms in total. The molecule has 0 spiro atoms. The van der Waals surface area contributed by atoms with Crippen molar-refractivity contribution >= 4 is 80.0 Å². The quantitative estimate of drug-likeness (QED) is 0.0220. The molecule has 0 aromatic carbocycles. The van der Waals surface area contributed by atoms with Crippen LogP contribution in [0.25, 0.3) is 0 Å². The molecule has 6 aliphatic heterocycles. The molecule has 0 aromatic heterocycles. The number of nitrogens with two attached hydrogens (primary N) is 1. The zero-order valence-corrected chi connectivity index (χ0v) is 53.2. The van der Waals surface area contributed by atoms with E-state index >= 15 is 0 Å². The van der Waals surface area contributed by atoms with Crippen molar-refractivity contribution in [2.75, 3.05) is 33.0 Å². The van der Waals surface area contributed by atoms with Crippen molar-refractivity contribution in [2.24, 2.45) is 5.73 Å². The summed E-state index contributed by atoms with van der Waals surface area (Å²) < 4.78 is 287. The molecule has 6 rings (SSSR count). The van der Waals surface area contributed by atoms with Crippen LogP contribution in [0.1, 0.15) is 6.42 Å². The van der Waals surface area contributed by atoms with Gasteiger partial charge in [0.25, 0.3) is 0 Å². The molecule has 572 valence electrons. The van der Waals surface area contributed by atoms with E-state index in [1.165, 1.54) is 14.2 Å². The van der Waals surface area contributed by atoms with Gasteiger partial charge in [-0.05, 0) is 13.0 Å². The topological polar surface area (TPSA) is 841 Å². The third-order valence-electron chi connectivity index (χ3n) is 14.5. The Morgan fingerprint density at radius 3 is 0.908 bits per heavy atom. The summed E-state index contributed by atoms with van der Waals surface area (Å²) in [5, 5.41) is 141. The number of hydrogen-bond acceptors (Lipinski definition) is 41. The van der Waals surface area contributed by atoms with Crippen LogP contribution in [0.15, 0.2) is 0 Å². The number of carbonyl (C=O) groups is 3. The Bertz CT molecular complexity index is 3440. The Labute approximate surface area is 549 Å². The Hall–Kier alpha value is -3.29. The molecule has 6 heterocycles. The first-order valence-electron chi connectivity index (χ1n) is 27.0. The number of aliphatic carboxylic acids is 3. The van der Waals surface area contributed by atoms with E-state index < -0.39 is 290 Å². The average molecular weight is 1570 g/mol. The summed E-state index contributed by atoms with van der Waals surface area (Å²) in [6.07, 6.45) is -73.9. The van der Waals surface area contributed by atoms with Crippen molar-refractivity contribution < 1.29 is 228 Å². The number of nitrogens with one attached hydrogen (secondary N) is 3. The van der Waals surface area contributed by atoms with Crippen LogP contribution in [0, 0.1) is 0 Å². The molecule has 0 aliphatic carbocycles. The maximum atomic E-state index is 13.1. The minimum Gasteiger partial charge on any atom is -0.479 e. The minimum atomic E-state index is -6.12. The third kappa shape index (κ3) is 21.7. The van der Waals surface area contributed by atoms with E-state index in [4.69, 9.17) is 62.6 Å². The van der Waals surface area contributed by atoms with Gasteiger partial charge < -0.3 is 129 Å². The average Bonchev–Trinajstić information content (AvgIpc) is 0.766. The van der Waals surface area contributed by atoms with E-state index in [9.17, 15) is 159 Å². The maximum absolute atomic E-state index is 13.1. The SMILES string of the molecule is NCCCO[C@@H]1O[C@@H](C(=O)O)[C@@H](O[C@H]2O[C@H](CO)[C@@H](O[C@@H]3O[C@H](C(=O)O)[C@@H](O[C@H]4O[C@H](CO)[C@@H](O[C@@H]5O[C@H](C(=O)O)[C@@H](O[C@H]6O[C@H](CO)[C@@H](O)[C@H](O)[C@H]6NS(=O)(=O)O)[C@H](O)[C@H]5OS(=O)(=O)O)[C@H](O)[C@H]4NS(=O)(=O)O)[C@H](O)[C@H]3OS(=O)(=O)O)[C@H](O)[C@H]2NS(=O)(=O)O)[C@H](O)[C@H]1OS(=O)(=O)O. The molecule has 0 saturated carbocycles. The lowest BCUT2D eigenvalue weighted by Crippen LogP contribution is -2.71. The van der Waals surface area contributed by atoms with Gasteiger partial charge >= 0.3 is 80.0 Å². The predicted octanol–water partition coefficient (Wildman–Crippen LogP) is -15.8. The van der Waals surface area contributed by atoms with Gasteiger partial charge in [-0.1, -0.05) is 0 Å². The van der Waals surface area contributed by atoms with Gasteiger partial charge in [-0.3, -0.25) is 27.3 Å². The van der Waals surface area contributed by atoms with Gasteiger partial charge in [-0.2, -0.15) is 64.7 Å². The summed E-state index contributed by atoms with van der Waals surface area (Å²) in [5.74, 6) is -6.83. The number of carboxylic acids is 3. The second-order valence-corrected chi connectivity index (χ2v) is 27.9. The lowest BCUT2D eigenvalue weighted by molar-refractivity contribution is -0.376. The highest BCUT2D eigenvalue weighted by atomic mass is 32.3. The Morgan fingerprint density at radius 1 is 0.357 bits per heavy atom. The number of aliphatic hydroxyl groups excluding tert-OH is 10. The zero-order valence-electron chi connectivity index (χ0n) is 48.3. The minimum absolute atomic E-state index is 0.0383. The van der Waals surface area contributed by atoms with Gasteiger partial charge in [0.05, 0.1) is 26.4 Å². The molecule has 0 unspecified atom stereocenters. The van der Waals surface area contributed by atoms with Gasteiger partial charge in [0.2, 0.25) is 0 Å². The molecule has 0 amide bonds. The lowest BCUT2D eigenvalue weighted by Gasteiger charge is -2.50. The number of carboxylic acid groups (broad SMARTS) is 3.